The summed E-state index contributed by atoms with van der Waals surface area (Å²) >= 11 is 0. The molecule has 2 N–H and O–H groups in total. The van der Waals surface area contributed by atoms with Gasteiger partial charge in [-0.2, -0.15) is 0 Å². The van der Waals surface area contributed by atoms with Gasteiger partial charge in [-0.25, -0.2) is 0 Å². The number of rotatable bonds is 4. The predicted octanol–water partition coefficient (Wildman–Crippen LogP) is 1.18. The van der Waals surface area contributed by atoms with Gasteiger partial charge in [0, 0.05) is 6.42 Å². The SMILES string of the molecule is C=C(C)NC1BCC(CC(=O)O)CC1. The highest BCUT2D eigenvalue weighted by Gasteiger charge is 2.23. The molecule has 3 nitrogen and oxygen atoms in total. The van der Waals surface area contributed by atoms with Gasteiger partial charge in [0.25, 0.3) is 0 Å². The maximum Gasteiger partial charge on any atom is 0.303 e. The summed E-state index contributed by atoms with van der Waals surface area (Å²) in [6, 6.07) is 0. The van der Waals surface area contributed by atoms with Crippen LogP contribution in [0, 0.1) is 5.92 Å². The Morgan fingerprint density at radius 2 is 2.36 bits per heavy atom. The van der Waals surface area contributed by atoms with Crippen molar-refractivity contribution in [3.63, 3.8) is 0 Å². The highest BCUT2D eigenvalue weighted by atomic mass is 16.4. The van der Waals surface area contributed by atoms with E-state index in [-0.39, 0.29) is 0 Å². The summed E-state index contributed by atoms with van der Waals surface area (Å²) in [6.07, 6.45) is 3.46. The number of nitrogens with one attached hydrogen (secondary N) is 1. The smallest absolute Gasteiger partial charge is 0.303 e. The van der Waals surface area contributed by atoms with Gasteiger partial charge in [-0.3, -0.25) is 4.79 Å². The van der Waals surface area contributed by atoms with E-state index in [2.05, 4.69) is 11.9 Å². The van der Waals surface area contributed by atoms with Crippen LogP contribution in [0.1, 0.15) is 26.2 Å². The molecule has 2 unspecified atom stereocenters. The van der Waals surface area contributed by atoms with Crippen LogP contribution in [0.15, 0.2) is 12.3 Å². The Balaban J connectivity index is 2.24. The number of carbonyl (C=O) groups is 1. The number of hydrogen-bond donors (Lipinski definition) is 2. The number of allylic oxidation sites excluding steroid dienone is 1. The van der Waals surface area contributed by atoms with Crippen LogP contribution in [0.2, 0.25) is 6.32 Å². The van der Waals surface area contributed by atoms with Gasteiger partial charge < -0.3 is 10.4 Å². The average molecular weight is 195 g/mol. The first-order valence-electron chi connectivity index (χ1n) is 5.21. The monoisotopic (exact) mass is 195 g/mol. The molecule has 1 saturated heterocycles. The van der Waals surface area contributed by atoms with Crippen LogP contribution in [0.4, 0.5) is 0 Å². The zero-order chi connectivity index (χ0) is 10.6. The molecule has 0 amide bonds. The normalized spacial score (nSPS) is 26.4. The molecule has 1 rings (SSSR count). The third-order valence-corrected chi connectivity index (χ3v) is 2.76. The van der Waals surface area contributed by atoms with Crippen LogP contribution in [0.5, 0.6) is 0 Å². The van der Waals surface area contributed by atoms with Gasteiger partial charge in [0.1, 0.15) is 7.28 Å². The zero-order valence-corrected chi connectivity index (χ0v) is 8.75. The van der Waals surface area contributed by atoms with Crippen molar-refractivity contribution < 1.29 is 9.90 Å². The summed E-state index contributed by atoms with van der Waals surface area (Å²) in [5, 5.41) is 12.0. The van der Waals surface area contributed by atoms with Gasteiger partial charge in [0.15, 0.2) is 0 Å². The van der Waals surface area contributed by atoms with Crippen LogP contribution < -0.4 is 5.32 Å². The molecule has 0 spiro atoms. The first-order valence-corrected chi connectivity index (χ1v) is 5.21. The molecule has 4 heteroatoms. The van der Waals surface area contributed by atoms with Gasteiger partial charge in [-0.15, -0.1) is 0 Å². The van der Waals surface area contributed by atoms with Gasteiger partial charge >= 0.3 is 5.97 Å². The fourth-order valence-electron chi connectivity index (χ4n) is 2.11. The largest absolute Gasteiger partial charge is 0.481 e. The van der Waals surface area contributed by atoms with E-state index in [1.807, 2.05) is 6.92 Å². The molecular weight excluding hydrogens is 177 g/mol. The van der Waals surface area contributed by atoms with Crippen molar-refractivity contribution in [1.29, 1.82) is 0 Å². The van der Waals surface area contributed by atoms with Crippen molar-refractivity contribution in [3.8, 4) is 0 Å². The molecule has 1 aliphatic rings. The summed E-state index contributed by atoms with van der Waals surface area (Å²) < 4.78 is 0. The lowest BCUT2D eigenvalue weighted by Crippen LogP contribution is -2.37. The Kier molecular flexibility index (Phi) is 4.05. The van der Waals surface area contributed by atoms with Crippen LogP contribution in [0.3, 0.4) is 0 Å². The Morgan fingerprint density at radius 1 is 1.64 bits per heavy atom. The Labute approximate surface area is 85.8 Å². The molecule has 0 aromatic heterocycles. The minimum absolute atomic E-state index is 0.333. The predicted molar refractivity (Wildman–Crippen MR) is 58.7 cm³/mol. The molecule has 0 saturated carbocycles. The number of aliphatic carboxylic acids is 1. The summed E-state index contributed by atoms with van der Waals surface area (Å²) in [5.74, 6) is 0.231. The van der Waals surface area contributed by atoms with Crippen molar-refractivity contribution in [2.45, 2.75) is 38.4 Å². The molecule has 1 heterocycles. The Bertz CT molecular complexity index is 198. The lowest BCUT2D eigenvalue weighted by molar-refractivity contribution is -0.138. The molecule has 14 heavy (non-hydrogen) atoms. The molecule has 2 atom stereocenters. The summed E-state index contributed by atoms with van der Waals surface area (Å²) in [6.45, 7) is 5.77. The summed E-state index contributed by atoms with van der Waals surface area (Å²) in [4.78, 5) is 10.5. The first-order chi connectivity index (χ1) is 6.58. The highest BCUT2D eigenvalue weighted by molar-refractivity contribution is 6.38. The summed E-state index contributed by atoms with van der Waals surface area (Å²) in [5.41, 5.74) is 1.01. The van der Waals surface area contributed by atoms with Gasteiger partial charge in [-0.05, 0) is 37.3 Å². The van der Waals surface area contributed by atoms with E-state index in [1.54, 1.807) is 0 Å². The molecule has 0 aromatic rings. The number of hydrogen-bond acceptors (Lipinski definition) is 2. The Hall–Kier alpha value is -0.925. The second-order valence-corrected chi connectivity index (χ2v) is 4.24. The number of carboxylic acids is 1. The molecular formula is C10H18BNO2. The molecule has 0 radical (unpaired) electrons. The van der Waals surface area contributed by atoms with Crippen LogP contribution in [-0.2, 0) is 4.79 Å². The van der Waals surface area contributed by atoms with E-state index in [4.69, 9.17) is 5.11 Å². The highest BCUT2D eigenvalue weighted by Crippen LogP contribution is 2.23. The first kappa shape index (κ1) is 11.2. The quantitative estimate of drug-likeness (QED) is 0.662. The maximum absolute atomic E-state index is 10.5. The molecule has 1 aliphatic heterocycles. The number of carboxylic acid groups (broad SMARTS) is 1. The lowest BCUT2D eigenvalue weighted by Gasteiger charge is -2.28. The molecule has 78 valence electrons. The van der Waals surface area contributed by atoms with E-state index in [0.717, 1.165) is 32.1 Å². The summed E-state index contributed by atoms with van der Waals surface area (Å²) in [7, 11) is 1.07. The van der Waals surface area contributed by atoms with Crippen molar-refractivity contribution in [2.24, 2.45) is 5.92 Å². The van der Waals surface area contributed by atoms with Crippen molar-refractivity contribution in [1.82, 2.24) is 5.32 Å². The third-order valence-electron chi connectivity index (χ3n) is 2.76. The molecule has 0 bridgehead atoms. The van der Waals surface area contributed by atoms with E-state index in [0.29, 0.717) is 18.3 Å². The minimum Gasteiger partial charge on any atom is -0.481 e. The van der Waals surface area contributed by atoms with Crippen molar-refractivity contribution in [3.05, 3.63) is 12.3 Å². The second kappa shape index (κ2) is 5.08. The van der Waals surface area contributed by atoms with Gasteiger partial charge in [0.05, 0.1) is 0 Å². The fraction of sp³-hybridized carbons (Fsp3) is 0.700. The van der Waals surface area contributed by atoms with E-state index in [9.17, 15) is 4.79 Å². The van der Waals surface area contributed by atoms with Crippen molar-refractivity contribution in [2.75, 3.05) is 0 Å². The topological polar surface area (TPSA) is 49.3 Å². The van der Waals surface area contributed by atoms with E-state index >= 15 is 0 Å². The fourth-order valence-corrected chi connectivity index (χ4v) is 2.11. The standard InChI is InChI=1S/C10H18BNO2/c1-7(2)12-9-4-3-8(6-11-9)5-10(13)14/h8-9,11-12H,1,3-6H2,2H3,(H,13,14). The molecule has 0 aliphatic carbocycles. The van der Waals surface area contributed by atoms with Gasteiger partial charge in [-0.1, -0.05) is 12.9 Å². The zero-order valence-electron chi connectivity index (χ0n) is 8.75. The second-order valence-electron chi connectivity index (χ2n) is 4.24. The maximum atomic E-state index is 10.5. The average Bonchev–Trinajstić information content (AvgIpc) is 2.06. The van der Waals surface area contributed by atoms with E-state index < -0.39 is 5.97 Å². The van der Waals surface area contributed by atoms with Crippen molar-refractivity contribution >= 4 is 13.2 Å². The van der Waals surface area contributed by atoms with Gasteiger partial charge in [0.2, 0.25) is 0 Å². The Morgan fingerprint density at radius 3 is 2.79 bits per heavy atom. The lowest BCUT2D eigenvalue weighted by atomic mass is 9.56. The molecule has 0 aromatic carbocycles. The minimum atomic E-state index is -0.665. The van der Waals surface area contributed by atoms with Crippen LogP contribution >= 0.6 is 0 Å². The van der Waals surface area contributed by atoms with Crippen LogP contribution in [-0.4, -0.2) is 24.3 Å². The van der Waals surface area contributed by atoms with E-state index in [1.165, 1.54) is 0 Å². The third kappa shape index (κ3) is 3.86. The molecule has 1 fully saturated rings. The van der Waals surface area contributed by atoms with Crippen LogP contribution in [0.25, 0.3) is 0 Å².